The normalized spacial score (nSPS) is 12.1. The molecule has 0 aromatic rings. The SMILES string of the molecule is CCCCCCCCCCCCCCCCCC[N+](C)(C)CCC[Si](OC)(OC)OC.CCCCCCCCCCCCCCCCCC[N+](C)(C)CCC[Si](OC)(OC)OC.C[O-].[Cl-]. The molecule has 0 aliphatic carbocycles. The molecule has 0 N–H and O–H groups in total. The van der Waals surface area contributed by atoms with E-state index in [4.69, 9.17) is 31.7 Å². The first kappa shape index (κ1) is 71.9. The monoisotopic (exact) mass is 987 g/mol. The van der Waals surface area contributed by atoms with Gasteiger partial charge in [-0.1, -0.05) is 194 Å². The first-order valence-corrected chi connectivity index (χ1v) is 31.1. The van der Waals surface area contributed by atoms with Crippen LogP contribution in [0.25, 0.3) is 0 Å². The lowest BCUT2D eigenvalue weighted by Crippen LogP contribution is -3.00. The molecule has 0 fully saturated rings. The third-order valence-electron chi connectivity index (χ3n) is 13.6. The molecule has 0 heterocycles. The molecule has 0 amide bonds. The molecule has 398 valence electrons. The molecule has 9 nitrogen and oxygen atoms in total. The highest BCUT2D eigenvalue weighted by atomic mass is 35.5. The molecule has 0 bridgehead atoms. The predicted molar refractivity (Wildman–Crippen MR) is 281 cm³/mol. The van der Waals surface area contributed by atoms with Crippen LogP contribution >= 0.6 is 0 Å². The van der Waals surface area contributed by atoms with E-state index in [1.807, 2.05) is 0 Å². The summed E-state index contributed by atoms with van der Waals surface area (Å²) in [5.74, 6) is 0. The summed E-state index contributed by atoms with van der Waals surface area (Å²) in [6.45, 7) is 9.43. The Hall–Kier alpha value is 0.364. The van der Waals surface area contributed by atoms with Gasteiger partial charge in [0.1, 0.15) is 0 Å². The van der Waals surface area contributed by atoms with Gasteiger partial charge in [-0.05, 0) is 25.7 Å². The summed E-state index contributed by atoms with van der Waals surface area (Å²) in [7, 11) is 15.6. The van der Waals surface area contributed by atoms with Gasteiger partial charge < -0.3 is 53.0 Å². The van der Waals surface area contributed by atoms with Crippen LogP contribution in [0, 0.1) is 0 Å². The lowest BCUT2D eigenvalue weighted by Gasteiger charge is -2.31. The maximum absolute atomic E-state index is 8.25. The van der Waals surface area contributed by atoms with E-state index in [2.05, 4.69) is 42.0 Å². The summed E-state index contributed by atoms with van der Waals surface area (Å²) >= 11 is 0. The zero-order valence-electron chi connectivity index (χ0n) is 46.4. The first-order valence-electron chi connectivity index (χ1n) is 27.3. The maximum atomic E-state index is 8.25. The van der Waals surface area contributed by atoms with E-state index in [1.165, 1.54) is 219 Å². The van der Waals surface area contributed by atoms with Crippen molar-refractivity contribution < 1.29 is 53.0 Å². The third kappa shape index (κ3) is 47.8. The van der Waals surface area contributed by atoms with E-state index in [0.717, 1.165) is 54.1 Å². The Kier molecular flexibility index (Phi) is 57.7. The number of quaternary nitrogens is 2. The van der Waals surface area contributed by atoms with Crippen molar-refractivity contribution >= 4 is 17.6 Å². The minimum atomic E-state index is -2.40. The molecule has 0 radical (unpaired) electrons. The summed E-state index contributed by atoms with van der Waals surface area (Å²) in [5, 5.41) is 8.25. The quantitative estimate of drug-likeness (QED) is 0.0341. The third-order valence-corrected chi connectivity index (χ3v) is 19.3. The fraction of sp³-hybridized carbons (Fsp3) is 1.00. The van der Waals surface area contributed by atoms with Gasteiger partial charge in [0.2, 0.25) is 0 Å². The average Bonchev–Trinajstić information content (AvgIpc) is 3.30. The van der Waals surface area contributed by atoms with E-state index in [0.29, 0.717) is 0 Å². The molecular weight excluding hydrogens is 868 g/mol. The Balaban J connectivity index is -0.000000543. The van der Waals surface area contributed by atoms with Crippen molar-refractivity contribution in [1.29, 1.82) is 0 Å². The van der Waals surface area contributed by atoms with E-state index < -0.39 is 17.6 Å². The average molecular weight is 988 g/mol. The van der Waals surface area contributed by atoms with Crippen molar-refractivity contribution in [1.82, 2.24) is 0 Å². The Labute approximate surface area is 417 Å². The first-order chi connectivity index (χ1) is 30.9. The van der Waals surface area contributed by atoms with Gasteiger partial charge in [-0.3, -0.25) is 0 Å². The van der Waals surface area contributed by atoms with Crippen molar-refractivity contribution in [2.45, 2.75) is 244 Å². The van der Waals surface area contributed by atoms with E-state index in [-0.39, 0.29) is 12.4 Å². The Morgan fingerprint density at radius 3 is 0.600 bits per heavy atom. The second kappa shape index (κ2) is 52.2. The van der Waals surface area contributed by atoms with Gasteiger partial charge in [0, 0.05) is 67.6 Å². The standard InChI is InChI=1S/2C26H58NO3Si.CH3O.ClH/c2*1-7-8-9-10-11-12-13-14-15-16-17-18-19-20-21-22-24-27(2,3)25-23-26-31(28-4,29-5)30-6;1-2;/h2*7-26H2,1-6H3;1H3;1H/q2*+1;-1;/p-1. The fourth-order valence-corrected chi connectivity index (χ4v) is 12.4. The van der Waals surface area contributed by atoms with Crippen LogP contribution in [0.15, 0.2) is 0 Å². The van der Waals surface area contributed by atoms with Crippen molar-refractivity contribution in [3.05, 3.63) is 0 Å². The number of halogens is 1. The zero-order chi connectivity index (χ0) is 48.5. The Bertz CT molecular complexity index is 816. The van der Waals surface area contributed by atoms with Gasteiger partial charge in [0.15, 0.2) is 0 Å². The number of nitrogens with zero attached hydrogens (tertiary/aromatic N) is 2. The smallest absolute Gasteiger partial charge is 0.500 e. The number of hydrogen-bond acceptors (Lipinski definition) is 7. The van der Waals surface area contributed by atoms with Gasteiger partial charge >= 0.3 is 17.6 Å². The summed E-state index contributed by atoms with van der Waals surface area (Å²) in [4.78, 5) is 0. The van der Waals surface area contributed by atoms with Crippen LogP contribution in [0.3, 0.4) is 0 Å². The zero-order valence-corrected chi connectivity index (χ0v) is 49.2. The van der Waals surface area contributed by atoms with Crippen LogP contribution in [0.5, 0.6) is 0 Å². The van der Waals surface area contributed by atoms with Crippen molar-refractivity contribution in [3.8, 4) is 0 Å². The van der Waals surface area contributed by atoms with Crippen LogP contribution in [0.2, 0.25) is 12.1 Å². The van der Waals surface area contributed by atoms with Gasteiger partial charge in [0.25, 0.3) is 0 Å². The molecule has 0 aliphatic rings. The van der Waals surface area contributed by atoms with Crippen LogP contribution in [-0.2, 0) is 26.6 Å². The van der Waals surface area contributed by atoms with E-state index in [1.54, 1.807) is 42.7 Å². The highest BCUT2D eigenvalue weighted by Crippen LogP contribution is 2.20. The molecule has 65 heavy (non-hydrogen) atoms. The van der Waals surface area contributed by atoms with E-state index in [9.17, 15) is 0 Å². The Morgan fingerprint density at radius 2 is 0.431 bits per heavy atom. The topological polar surface area (TPSA) is 78.4 Å². The maximum Gasteiger partial charge on any atom is 0.500 e. The molecule has 0 saturated carbocycles. The molecule has 0 aromatic carbocycles. The summed E-state index contributed by atoms with van der Waals surface area (Å²) in [5.41, 5.74) is 0. The number of hydrogen-bond donors (Lipinski definition) is 0. The second-order valence-electron chi connectivity index (χ2n) is 20.2. The van der Waals surface area contributed by atoms with Gasteiger partial charge in [0.05, 0.1) is 54.4 Å². The molecule has 0 aliphatic heterocycles. The van der Waals surface area contributed by atoms with Crippen LogP contribution in [0.1, 0.15) is 232 Å². The number of rotatable bonds is 48. The van der Waals surface area contributed by atoms with Gasteiger partial charge in [-0.2, -0.15) is 7.11 Å². The predicted octanol–water partition coefficient (Wildman–Crippen LogP) is 11.2. The van der Waals surface area contributed by atoms with Crippen molar-refractivity contribution in [3.63, 3.8) is 0 Å². The summed E-state index contributed by atoms with van der Waals surface area (Å²) < 4.78 is 35.4. The molecule has 0 rings (SSSR count). The minimum Gasteiger partial charge on any atom is -1.00 e. The molecule has 0 unspecified atom stereocenters. The van der Waals surface area contributed by atoms with Crippen LogP contribution in [-0.4, -0.2) is 131 Å². The van der Waals surface area contributed by atoms with Crippen LogP contribution < -0.4 is 17.5 Å². The highest BCUT2D eigenvalue weighted by molar-refractivity contribution is 6.60. The van der Waals surface area contributed by atoms with Gasteiger partial charge in [-0.15, -0.1) is 0 Å². The van der Waals surface area contributed by atoms with Crippen LogP contribution in [0.4, 0.5) is 0 Å². The van der Waals surface area contributed by atoms with Gasteiger partial charge in [-0.25, -0.2) is 0 Å². The minimum absolute atomic E-state index is 0. The summed E-state index contributed by atoms with van der Waals surface area (Å²) in [6, 6.07) is 1.80. The largest absolute Gasteiger partial charge is 1.00 e. The Morgan fingerprint density at radius 1 is 0.277 bits per heavy atom. The molecule has 0 atom stereocenters. The lowest BCUT2D eigenvalue weighted by atomic mass is 10.0. The fourth-order valence-electron chi connectivity index (χ4n) is 8.96. The summed E-state index contributed by atoms with van der Waals surface area (Å²) in [6.07, 6.45) is 48.0. The van der Waals surface area contributed by atoms with Crippen molar-refractivity contribution in [2.24, 2.45) is 0 Å². The van der Waals surface area contributed by atoms with Crippen molar-refractivity contribution in [2.75, 3.05) is 104 Å². The number of unbranched alkanes of at least 4 members (excludes halogenated alkanes) is 30. The molecule has 0 aromatic heterocycles. The molecule has 12 heteroatoms. The lowest BCUT2D eigenvalue weighted by molar-refractivity contribution is -0.890. The second-order valence-corrected chi connectivity index (χ2v) is 26.4. The highest BCUT2D eigenvalue weighted by Gasteiger charge is 2.38. The molecule has 0 saturated heterocycles. The van der Waals surface area contributed by atoms with E-state index >= 15 is 0 Å². The molecule has 0 spiro atoms. The molecular formula is C53H119ClN2O7Si2.